The predicted octanol–water partition coefficient (Wildman–Crippen LogP) is 11.5. The van der Waals surface area contributed by atoms with Gasteiger partial charge in [0, 0.05) is 11.8 Å². The molecule has 1 aliphatic rings. The second-order valence-electron chi connectivity index (χ2n) is 14.2. The maximum atomic E-state index is 6.75. The van der Waals surface area contributed by atoms with Gasteiger partial charge in [-0.1, -0.05) is 114 Å². The van der Waals surface area contributed by atoms with Gasteiger partial charge in [-0.05, 0) is 123 Å². The van der Waals surface area contributed by atoms with Gasteiger partial charge >= 0.3 is 0 Å². The maximum Gasteiger partial charge on any atom is 0.0477 e. The van der Waals surface area contributed by atoms with Crippen molar-refractivity contribution >= 4 is 23.2 Å². The van der Waals surface area contributed by atoms with Crippen molar-refractivity contribution in [3.8, 4) is 0 Å². The highest BCUT2D eigenvalue weighted by atomic mass is 35.5. The van der Waals surface area contributed by atoms with Crippen LogP contribution in [0.2, 0.25) is 0 Å². The van der Waals surface area contributed by atoms with E-state index in [2.05, 4.69) is 114 Å². The van der Waals surface area contributed by atoms with E-state index in [0.717, 1.165) is 50.5 Å². The van der Waals surface area contributed by atoms with Crippen molar-refractivity contribution in [3.63, 3.8) is 0 Å². The molecule has 0 atom stereocenters. The minimum absolute atomic E-state index is 0.234. The van der Waals surface area contributed by atoms with Crippen LogP contribution in [-0.2, 0) is 49.3 Å². The van der Waals surface area contributed by atoms with Gasteiger partial charge in [-0.3, -0.25) is 0 Å². The van der Waals surface area contributed by atoms with Crippen LogP contribution in [-0.4, -0.2) is 0 Å². The van der Waals surface area contributed by atoms with Crippen LogP contribution in [0, 0.1) is 5.41 Å². The van der Waals surface area contributed by atoms with Gasteiger partial charge in [-0.2, -0.15) is 0 Å². The summed E-state index contributed by atoms with van der Waals surface area (Å²) in [5, 5.41) is 0. The summed E-state index contributed by atoms with van der Waals surface area (Å²) in [6.45, 7) is 14.0. The lowest BCUT2D eigenvalue weighted by atomic mass is 9.76. The van der Waals surface area contributed by atoms with Gasteiger partial charge in [0.2, 0.25) is 0 Å². The Balaban J connectivity index is 1.56. The summed E-state index contributed by atoms with van der Waals surface area (Å²) in [5.74, 6) is 1.07. The molecule has 0 radical (unpaired) electrons. The van der Waals surface area contributed by atoms with Gasteiger partial charge in [-0.25, -0.2) is 0 Å². The lowest BCUT2D eigenvalue weighted by Crippen LogP contribution is -2.19. The highest BCUT2D eigenvalue weighted by molar-refractivity contribution is 6.17. The van der Waals surface area contributed by atoms with E-state index in [1.165, 1.54) is 61.2 Å². The van der Waals surface area contributed by atoms with Crippen LogP contribution >= 0.6 is 23.2 Å². The summed E-state index contributed by atoms with van der Waals surface area (Å²) in [6.07, 6.45) is 7.18. The first-order valence-electron chi connectivity index (χ1n) is 16.1. The van der Waals surface area contributed by atoms with E-state index in [4.69, 9.17) is 23.2 Å². The SMILES string of the molecule is CCC(C)(CC)c1ccc(Cc2c(CCl)cc(Cc3ccc(CCl)cc3)c3c2Cc2ccc(CC(C)(C)C)cc2C3)cc1. The summed E-state index contributed by atoms with van der Waals surface area (Å²) in [5.41, 5.74) is 17.3. The van der Waals surface area contributed by atoms with Crippen LogP contribution in [0.25, 0.3) is 0 Å². The molecule has 0 saturated heterocycles. The lowest BCUT2D eigenvalue weighted by molar-refractivity contribution is 0.411. The molecule has 1 aliphatic carbocycles. The van der Waals surface area contributed by atoms with Crippen molar-refractivity contribution in [1.82, 2.24) is 0 Å². The van der Waals surface area contributed by atoms with Crippen molar-refractivity contribution < 1.29 is 0 Å². The van der Waals surface area contributed by atoms with Crippen LogP contribution in [0.3, 0.4) is 0 Å². The van der Waals surface area contributed by atoms with Gasteiger partial charge < -0.3 is 0 Å². The molecular formula is C41H48Cl2. The molecule has 2 heteroatoms. The topological polar surface area (TPSA) is 0 Å². The molecule has 0 unspecified atom stereocenters. The highest BCUT2D eigenvalue weighted by Gasteiger charge is 2.26. The number of benzene rings is 4. The molecule has 0 fully saturated rings. The number of hydrogen-bond donors (Lipinski definition) is 0. The first-order valence-corrected chi connectivity index (χ1v) is 17.2. The Morgan fingerprint density at radius 1 is 0.581 bits per heavy atom. The van der Waals surface area contributed by atoms with Crippen LogP contribution in [0.4, 0.5) is 0 Å². The minimum atomic E-state index is 0.234. The zero-order valence-electron chi connectivity index (χ0n) is 27.0. The molecule has 0 aliphatic heterocycles. The molecule has 0 saturated carbocycles. The summed E-state index contributed by atoms with van der Waals surface area (Å²) in [6, 6.07) is 27.9. The molecular weight excluding hydrogens is 563 g/mol. The van der Waals surface area contributed by atoms with Crippen molar-refractivity contribution in [1.29, 1.82) is 0 Å². The van der Waals surface area contributed by atoms with Crippen molar-refractivity contribution in [2.24, 2.45) is 5.41 Å². The molecule has 0 N–H and O–H groups in total. The first kappa shape index (κ1) is 31.9. The van der Waals surface area contributed by atoms with Gasteiger partial charge in [-0.15, -0.1) is 23.2 Å². The second-order valence-corrected chi connectivity index (χ2v) is 14.8. The Morgan fingerprint density at radius 2 is 1.16 bits per heavy atom. The third kappa shape index (κ3) is 7.24. The summed E-state index contributed by atoms with van der Waals surface area (Å²) in [4.78, 5) is 0. The van der Waals surface area contributed by atoms with Gasteiger partial charge in [0.1, 0.15) is 0 Å². The Hall–Kier alpha value is -2.54. The fourth-order valence-electron chi connectivity index (χ4n) is 6.86. The molecule has 226 valence electrons. The number of rotatable bonds is 10. The van der Waals surface area contributed by atoms with Gasteiger partial charge in [0.15, 0.2) is 0 Å². The summed E-state index contributed by atoms with van der Waals surface area (Å²) >= 11 is 12.8. The highest BCUT2D eigenvalue weighted by Crippen LogP contribution is 2.38. The third-order valence-corrected chi connectivity index (χ3v) is 10.5. The molecule has 0 amide bonds. The van der Waals surface area contributed by atoms with Crippen molar-refractivity contribution in [3.05, 3.63) is 140 Å². The van der Waals surface area contributed by atoms with Crippen LogP contribution < -0.4 is 0 Å². The standard InChI is InChI=1S/C41H48Cl2/c1-7-41(6,8-2)36-17-14-29(15-18-36)21-37-35(27-43)22-34(19-28-9-11-30(26-42)12-10-28)38-24-33-20-31(25-40(3,4)5)13-16-32(33)23-39(37)38/h9-18,20,22H,7-8,19,21,23-27H2,1-6H3. The Labute approximate surface area is 270 Å². The van der Waals surface area contributed by atoms with E-state index in [0.29, 0.717) is 11.8 Å². The number of hydrogen-bond acceptors (Lipinski definition) is 0. The molecule has 5 rings (SSSR count). The minimum Gasteiger partial charge on any atom is -0.122 e. The van der Waals surface area contributed by atoms with E-state index in [1.807, 2.05) is 0 Å². The van der Waals surface area contributed by atoms with E-state index < -0.39 is 0 Å². The first-order chi connectivity index (χ1) is 20.6. The molecule has 0 nitrogen and oxygen atoms in total. The van der Waals surface area contributed by atoms with Gasteiger partial charge in [0.05, 0.1) is 0 Å². The van der Waals surface area contributed by atoms with Crippen molar-refractivity contribution in [2.75, 3.05) is 0 Å². The van der Waals surface area contributed by atoms with E-state index in [9.17, 15) is 0 Å². The zero-order valence-corrected chi connectivity index (χ0v) is 28.6. The Bertz CT molecular complexity index is 1550. The van der Waals surface area contributed by atoms with Crippen LogP contribution in [0.1, 0.15) is 121 Å². The van der Waals surface area contributed by atoms with Crippen LogP contribution in [0.5, 0.6) is 0 Å². The van der Waals surface area contributed by atoms with Crippen molar-refractivity contribution in [2.45, 2.75) is 104 Å². The van der Waals surface area contributed by atoms with E-state index in [1.54, 1.807) is 0 Å². The molecule has 4 aromatic carbocycles. The van der Waals surface area contributed by atoms with Gasteiger partial charge in [0.25, 0.3) is 0 Å². The van der Waals surface area contributed by atoms with E-state index >= 15 is 0 Å². The number of alkyl halides is 2. The normalized spacial score (nSPS) is 13.1. The number of fused-ring (bicyclic) bond motifs is 2. The molecule has 43 heavy (non-hydrogen) atoms. The van der Waals surface area contributed by atoms with E-state index in [-0.39, 0.29) is 10.8 Å². The fourth-order valence-corrected chi connectivity index (χ4v) is 7.27. The molecule has 0 spiro atoms. The quantitative estimate of drug-likeness (QED) is 0.138. The smallest absolute Gasteiger partial charge is 0.0477 e. The second kappa shape index (κ2) is 13.2. The lowest BCUT2D eigenvalue weighted by Gasteiger charge is -2.29. The predicted molar refractivity (Wildman–Crippen MR) is 187 cm³/mol. The average molecular weight is 612 g/mol. The van der Waals surface area contributed by atoms with Crippen LogP contribution in [0.15, 0.2) is 72.8 Å². The molecule has 4 aromatic rings. The molecule has 0 bridgehead atoms. The zero-order chi connectivity index (χ0) is 30.8. The average Bonchev–Trinajstić information content (AvgIpc) is 3.00. The Kier molecular flexibility index (Phi) is 9.79. The molecule has 0 heterocycles. The monoisotopic (exact) mass is 610 g/mol. The molecule has 0 aromatic heterocycles. The summed E-state index contributed by atoms with van der Waals surface area (Å²) in [7, 11) is 0. The summed E-state index contributed by atoms with van der Waals surface area (Å²) < 4.78 is 0. The fraction of sp³-hybridized carbons (Fsp3) is 0.415. The largest absolute Gasteiger partial charge is 0.122 e. The number of halogens is 2. The maximum absolute atomic E-state index is 6.75. The third-order valence-electron chi connectivity index (χ3n) is 9.90. The Morgan fingerprint density at radius 3 is 1.77 bits per heavy atom.